The molecule has 4 rings (SSSR count). The fraction of sp³-hybridized carbons (Fsp3) is 0.935. The van der Waals surface area contributed by atoms with Crippen molar-refractivity contribution in [3.05, 3.63) is 23.5 Å². The van der Waals surface area contributed by atoms with Gasteiger partial charge in [-0.25, -0.2) is 0 Å². The van der Waals surface area contributed by atoms with E-state index in [1.165, 1.54) is 109 Å². The van der Waals surface area contributed by atoms with Crippen LogP contribution in [0.4, 0.5) is 0 Å². The number of hydrogen-bond donors (Lipinski definition) is 0. The summed E-state index contributed by atoms with van der Waals surface area (Å²) >= 11 is 4.64. The van der Waals surface area contributed by atoms with Crippen LogP contribution in [0.1, 0.15) is 158 Å². The summed E-state index contributed by atoms with van der Waals surface area (Å²) in [6, 6.07) is 0. The van der Waals surface area contributed by atoms with Crippen LogP contribution in [0, 0.1) is 12.8 Å². The van der Waals surface area contributed by atoms with Crippen molar-refractivity contribution >= 4 is 11.6 Å². The molecule has 2 nitrogen and oxygen atoms in total. The van der Waals surface area contributed by atoms with Crippen molar-refractivity contribution in [1.82, 2.24) is 0 Å². The first kappa shape index (κ1) is 46.1. The van der Waals surface area contributed by atoms with E-state index >= 15 is 0 Å². The van der Waals surface area contributed by atoms with Crippen molar-refractivity contribution in [1.29, 1.82) is 0 Å². The molecule has 0 spiro atoms. The van der Waals surface area contributed by atoms with Gasteiger partial charge in [0, 0.05) is 25.9 Å². The van der Waals surface area contributed by atoms with Gasteiger partial charge >= 0.3 is 39.0 Å². The molecule has 2 saturated carbocycles. The second-order valence-electron chi connectivity index (χ2n) is 13.0. The number of rotatable bonds is 0. The number of piperidine rings is 2. The second-order valence-corrected chi connectivity index (χ2v) is 13.0. The Morgan fingerprint density at radius 1 is 0.432 bits per heavy atom. The van der Waals surface area contributed by atoms with Crippen LogP contribution in [0.3, 0.4) is 0 Å². The molecule has 4 aliphatic rings. The van der Waals surface area contributed by atoms with Crippen molar-refractivity contribution in [2.75, 3.05) is 6.38 Å². The molecule has 0 aromatic heterocycles. The minimum absolute atomic E-state index is 0. The Hall–Kier alpha value is 2.08. The molecule has 0 atom stereocenters. The molecule has 208 valence electrons. The normalized spacial score (nSPS) is 24.2. The minimum atomic E-state index is 0. The molecule has 0 N–H and O–H groups in total. The molecule has 2 aliphatic heterocycles. The maximum absolute atomic E-state index is 4.75. The van der Waals surface area contributed by atoms with E-state index < -0.39 is 0 Å². The molecule has 0 unspecified atom stereocenters. The first-order valence-corrected chi connectivity index (χ1v) is 15.1. The van der Waals surface area contributed by atoms with Crippen molar-refractivity contribution in [3.8, 4) is 0 Å². The zero-order chi connectivity index (χ0) is 26.1. The van der Waals surface area contributed by atoms with Crippen LogP contribution in [0.25, 0.3) is 10.6 Å². The molecule has 0 aromatic rings. The largest absolute Gasteiger partial charge is 2.00 e. The zero-order valence-electron chi connectivity index (χ0n) is 26.9. The summed E-state index contributed by atoms with van der Waals surface area (Å²) in [6.45, 7) is 17.8. The Balaban J connectivity index is -0.000000191. The maximum atomic E-state index is 4.75. The average molecular weight is 693 g/mol. The fourth-order valence-electron chi connectivity index (χ4n) is 5.57. The summed E-state index contributed by atoms with van der Waals surface area (Å²) in [7, 11) is 0. The molecular formula is C31H61ClN2Zn3. The van der Waals surface area contributed by atoms with Gasteiger partial charge in [0.1, 0.15) is 0 Å². The van der Waals surface area contributed by atoms with Gasteiger partial charge in [0.15, 0.2) is 0 Å². The zero-order valence-corrected chi connectivity index (χ0v) is 36.5. The van der Waals surface area contributed by atoms with Gasteiger partial charge in [-0.1, -0.05) is 132 Å². The van der Waals surface area contributed by atoms with Gasteiger partial charge in [-0.2, -0.15) is 25.7 Å². The summed E-state index contributed by atoms with van der Waals surface area (Å²) in [5, 5.41) is 9.49. The van der Waals surface area contributed by atoms with Gasteiger partial charge in [-0.05, 0) is 0 Å². The van der Waals surface area contributed by atoms with E-state index in [2.05, 4.69) is 79.8 Å². The molecule has 0 aromatic carbocycles. The van der Waals surface area contributed by atoms with Crippen molar-refractivity contribution in [2.45, 2.75) is 180 Å². The van der Waals surface area contributed by atoms with E-state index in [0.717, 1.165) is 0 Å². The number of halogens is 1. The van der Waals surface area contributed by atoms with E-state index in [1.54, 1.807) is 0 Å². The van der Waals surface area contributed by atoms with E-state index in [9.17, 15) is 0 Å². The first-order valence-electron chi connectivity index (χ1n) is 14.3. The number of alkyl halides is 1. The Bertz CT molecular complexity index is 394. The summed E-state index contributed by atoms with van der Waals surface area (Å²) in [5.74, 6) is 0. The molecule has 2 heterocycles. The second kappa shape index (κ2) is 24.7. The predicted molar refractivity (Wildman–Crippen MR) is 157 cm³/mol. The standard InChI is InChI=1S/2C9H18N.2C6H11.CH3Cl.3Zn/c2*1-8(2)6-5-7-9(3,4)10-8;2*1-2-4-6-5-3-1;1-2;;;/h2*5-7H2,1-4H3;2*1H,2-6H2;1H3;;;/q4*-1;;;2*+2. The number of hydrogen-bond acceptors (Lipinski definition) is 0. The smallest absolute Gasteiger partial charge is 0.652 e. The molecule has 2 saturated heterocycles. The van der Waals surface area contributed by atoms with Crippen LogP contribution in [0.15, 0.2) is 0 Å². The maximum Gasteiger partial charge on any atom is 2.00 e. The van der Waals surface area contributed by atoms with Gasteiger partial charge < -0.3 is 23.5 Å². The Morgan fingerprint density at radius 2 is 0.649 bits per heavy atom. The van der Waals surface area contributed by atoms with Crippen molar-refractivity contribution in [3.63, 3.8) is 0 Å². The average Bonchev–Trinajstić information content (AvgIpc) is 2.76. The molecule has 6 heteroatoms. The molecule has 4 fully saturated rings. The van der Waals surface area contributed by atoms with Gasteiger partial charge in [-0.3, -0.25) is 0 Å². The Labute approximate surface area is 278 Å². The van der Waals surface area contributed by atoms with Crippen LogP contribution in [0.5, 0.6) is 0 Å². The van der Waals surface area contributed by atoms with Gasteiger partial charge in [0.25, 0.3) is 0 Å². The van der Waals surface area contributed by atoms with Crippen LogP contribution in [-0.4, -0.2) is 28.5 Å². The summed E-state index contributed by atoms with van der Waals surface area (Å²) in [6.07, 6.45) is 28.2. The molecule has 2 aliphatic carbocycles. The van der Waals surface area contributed by atoms with Crippen molar-refractivity contribution < 1.29 is 58.4 Å². The summed E-state index contributed by atoms with van der Waals surface area (Å²) in [4.78, 5) is 0. The van der Waals surface area contributed by atoms with Crippen LogP contribution < -0.4 is 0 Å². The first-order chi connectivity index (χ1) is 15.8. The van der Waals surface area contributed by atoms with E-state index in [1.807, 2.05) is 0 Å². The Morgan fingerprint density at radius 3 is 0.730 bits per heavy atom. The van der Waals surface area contributed by atoms with Crippen molar-refractivity contribution in [2.24, 2.45) is 0 Å². The molecule has 0 bridgehead atoms. The third-order valence-corrected chi connectivity index (χ3v) is 7.00. The summed E-state index contributed by atoms with van der Waals surface area (Å²) in [5.41, 5.74) is 0.951. The summed E-state index contributed by atoms with van der Waals surface area (Å²) < 4.78 is 0. The quantitative estimate of drug-likeness (QED) is 0.137. The van der Waals surface area contributed by atoms with E-state index in [0.29, 0.717) is 0 Å². The molecule has 37 heavy (non-hydrogen) atoms. The van der Waals surface area contributed by atoms with Crippen LogP contribution in [0.2, 0.25) is 0 Å². The molecule has 0 radical (unpaired) electrons. The topological polar surface area (TPSA) is 28.2 Å². The Kier molecular flexibility index (Phi) is 30.7. The predicted octanol–water partition coefficient (Wildman–Crippen LogP) is 11.4. The molecule has 0 amide bonds. The number of nitrogens with zero attached hydrogens (tertiary/aromatic N) is 2. The molecular weight excluding hydrogens is 632 g/mol. The van der Waals surface area contributed by atoms with E-state index in [-0.39, 0.29) is 80.6 Å². The van der Waals surface area contributed by atoms with Gasteiger partial charge in [-0.15, -0.1) is 33.8 Å². The third-order valence-electron chi connectivity index (χ3n) is 7.00. The third kappa shape index (κ3) is 28.0. The van der Waals surface area contributed by atoms with Crippen LogP contribution >= 0.6 is 11.6 Å². The monoisotopic (exact) mass is 688 g/mol. The van der Waals surface area contributed by atoms with Gasteiger partial charge in [0.2, 0.25) is 0 Å². The fourth-order valence-corrected chi connectivity index (χ4v) is 5.57. The van der Waals surface area contributed by atoms with Gasteiger partial charge in [0.05, 0.1) is 0 Å². The minimum Gasteiger partial charge on any atom is -0.652 e. The van der Waals surface area contributed by atoms with E-state index in [4.69, 9.17) is 10.6 Å². The SMILES string of the molecule is CC1(C)CCCC(C)(C)[N-]1.CC1(C)CCCC(C)(C)[N-]1.CCl.[CH-]1CCCCC1.[CH-]1CCCCC1.[Zn+2].[Zn+2].[Zn]. The van der Waals surface area contributed by atoms with Crippen LogP contribution in [-0.2, 0) is 58.4 Å².